The molecular weight excluding hydrogens is 308 g/mol. The number of anilines is 1. The van der Waals surface area contributed by atoms with Gasteiger partial charge in [0.2, 0.25) is 0 Å². The second-order valence-corrected chi connectivity index (χ2v) is 6.49. The summed E-state index contributed by atoms with van der Waals surface area (Å²) in [5.74, 6) is 1.01. The summed E-state index contributed by atoms with van der Waals surface area (Å²) in [4.78, 5) is 4.81. The fraction of sp³-hybridized carbons (Fsp3) is 0.267. The lowest BCUT2D eigenvalue weighted by Crippen LogP contribution is -2.06. The van der Waals surface area contributed by atoms with E-state index in [9.17, 15) is 4.21 Å². The first-order valence-electron chi connectivity index (χ1n) is 6.37. The molecule has 0 saturated heterocycles. The van der Waals surface area contributed by atoms with E-state index in [-0.39, 0.29) is 5.75 Å². The van der Waals surface area contributed by atoms with Crippen molar-refractivity contribution in [1.29, 1.82) is 0 Å². The van der Waals surface area contributed by atoms with Gasteiger partial charge in [0.1, 0.15) is 5.75 Å². The van der Waals surface area contributed by atoms with Crippen molar-refractivity contribution in [1.82, 2.24) is 4.98 Å². The highest BCUT2D eigenvalue weighted by atomic mass is 35.5. The number of methoxy groups -OCH3 is 1. The minimum Gasteiger partial charge on any atom is -0.496 e. The van der Waals surface area contributed by atoms with Gasteiger partial charge < -0.3 is 10.5 Å². The van der Waals surface area contributed by atoms with E-state index < -0.39 is 10.8 Å². The highest BCUT2D eigenvalue weighted by Gasteiger charge is 2.17. The molecular formula is C15H17ClN2O2S. The smallest absolute Gasteiger partial charge is 0.128 e. The minimum atomic E-state index is -1.36. The Bertz CT molecular complexity index is 684. The highest BCUT2D eigenvalue weighted by Crippen LogP contribution is 2.29. The Labute approximate surface area is 131 Å². The van der Waals surface area contributed by atoms with Crippen molar-refractivity contribution in [2.24, 2.45) is 0 Å². The molecule has 21 heavy (non-hydrogen) atoms. The number of aromatic nitrogens is 1. The van der Waals surface area contributed by atoms with Crippen LogP contribution in [0.15, 0.2) is 29.3 Å². The largest absolute Gasteiger partial charge is 0.496 e. The van der Waals surface area contributed by atoms with Crippen molar-refractivity contribution < 1.29 is 8.95 Å². The number of hydrogen-bond acceptors (Lipinski definition) is 4. The summed E-state index contributed by atoms with van der Waals surface area (Å²) in [6.07, 6.45) is 1.72. The topological polar surface area (TPSA) is 65.2 Å². The first-order chi connectivity index (χ1) is 9.95. The molecule has 1 heterocycles. The van der Waals surface area contributed by atoms with Crippen molar-refractivity contribution in [3.8, 4) is 5.75 Å². The van der Waals surface area contributed by atoms with E-state index in [1.54, 1.807) is 31.5 Å². The van der Waals surface area contributed by atoms with Crippen LogP contribution in [0.25, 0.3) is 0 Å². The molecule has 2 N–H and O–H groups in total. The van der Waals surface area contributed by atoms with E-state index in [4.69, 9.17) is 22.1 Å². The summed E-state index contributed by atoms with van der Waals surface area (Å²) in [6.45, 7) is 3.83. The molecule has 0 bridgehead atoms. The fourth-order valence-electron chi connectivity index (χ4n) is 2.18. The van der Waals surface area contributed by atoms with Crippen LogP contribution >= 0.6 is 11.6 Å². The Morgan fingerprint density at radius 2 is 2.10 bits per heavy atom. The van der Waals surface area contributed by atoms with Crippen LogP contribution in [0.2, 0.25) is 5.02 Å². The number of nitrogens with zero attached hydrogens (tertiary/aromatic N) is 1. The van der Waals surface area contributed by atoms with E-state index in [2.05, 4.69) is 4.98 Å². The van der Waals surface area contributed by atoms with E-state index in [0.717, 1.165) is 22.6 Å². The lowest BCUT2D eigenvalue weighted by atomic mass is 10.1. The van der Waals surface area contributed by atoms with Crippen LogP contribution in [0.3, 0.4) is 0 Å². The molecule has 6 heteroatoms. The van der Waals surface area contributed by atoms with Gasteiger partial charge >= 0.3 is 0 Å². The second kappa shape index (κ2) is 6.45. The molecule has 1 unspecified atom stereocenters. The number of rotatable bonds is 4. The van der Waals surface area contributed by atoms with Crippen LogP contribution in [-0.2, 0) is 16.6 Å². The summed E-state index contributed by atoms with van der Waals surface area (Å²) in [6, 6.07) is 5.10. The van der Waals surface area contributed by atoms with Crippen molar-refractivity contribution in [2.75, 3.05) is 12.8 Å². The summed E-state index contributed by atoms with van der Waals surface area (Å²) in [5, 5.41) is 0.407. The number of hydrogen-bond donors (Lipinski definition) is 1. The molecule has 0 saturated carbocycles. The Morgan fingerprint density at radius 1 is 1.38 bits per heavy atom. The minimum absolute atomic E-state index is 0.246. The van der Waals surface area contributed by atoms with E-state index in [1.165, 1.54) is 0 Å². The molecule has 1 aromatic carbocycles. The van der Waals surface area contributed by atoms with E-state index in [0.29, 0.717) is 15.6 Å². The molecule has 0 aliphatic heterocycles. The number of benzene rings is 1. The van der Waals surface area contributed by atoms with Crippen molar-refractivity contribution in [2.45, 2.75) is 24.5 Å². The third-order valence-electron chi connectivity index (χ3n) is 3.24. The highest BCUT2D eigenvalue weighted by molar-refractivity contribution is 7.84. The molecule has 112 valence electrons. The monoisotopic (exact) mass is 324 g/mol. The van der Waals surface area contributed by atoms with Crippen molar-refractivity contribution >= 4 is 28.1 Å². The summed E-state index contributed by atoms with van der Waals surface area (Å²) >= 11 is 6.10. The zero-order valence-corrected chi connectivity index (χ0v) is 13.7. The molecule has 2 rings (SSSR count). The van der Waals surface area contributed by atoms with Crippen molar-refractivity contribution in [3.63, 3.8) is 0 Å². The number of ether oxygens (including phenoxy) is 1. The zero-order valence-electron chi connectivity index (χ0n) is 12.1. The van der Waals surface area contributed by atoms with Gasteiger partial charge in [-0.1, -0.05) is 17.7 Å². The van der Waals surface area contributed by atoms with Crippen LogP contribution < -0.4 is 10.5 Å². The zero-order chi connectivity index (χ0) is 15.6. The average Bonchev–Trinajstić information content (AvgIpc) is 2.42. The quantitative estimate of drug-likeness (QED) is 0.877. The molecule has 0 radical (unpaired) electrons. The molecule has 4 nitrogen and oxygen atoms in total. The summed E-state index contributed by atoms with van der Waals surface area (Å²) in [5.41, 5.74) is 8.85. The van der Waals surface area contributed by atoms with Crippen molar-refractivity contribution in [3.05, 3.63) is 46.2 Å². The molecule has 1 aromatic heterocycles. The molecule has 0 aliphatic carbocycles. The van der Waals surface area contributed by atoms with Gasteiger partial charge in [-0.2, -0.15) is 0 Å². The first kappa shape index (κ1) is 15.8. The van der Waals surface area contributed by atoms with E-state index >= 15 is 0 Å². The lowest BCUT2D eigenvalue weighted by molar-refractivity contribution is 0.407. The van der Waals surface area contributed by atoms with Gasteiger partial charge in [-0.25, -0.2) is 0 Å². The number of nitrogens with two attached hydrogens (primary N) is 1. The molecule has 0 amide bonds. The van der Waals surface area contributed by atoms with Gasteiger partial charge in [-0.05, 0) is 26.0 Å². The maximum Gasteiger partial charge on any atom is 0.128 e. The SMILES string of the molecule is COc1c(C)cnc(CS(=O)c2c(N)cccc2Cl)c1C. The van der Waals surface area contributed by atoms with Gasteiger partial charge in [0.15, 0.2) is 0 Å². The molecule has 0 spiro atoms. The van der Waals surface area contributed by atoms with Gasteiger partial charge in [-0.3, -0.25) is 9.19 Å². The number of pyridine rings is 1. The third-order valence-corrected chi connectivity index (χ3v) is 5.12. The Kier molecular flexibility index (Phi) is 4.85. The summed E-state index contributed by atoms with van der Waals surface area (Å²) < 4.78 is 17.9. The Morgan fingerprint density at radius 3 is 2.71 bits per heavy atom. The van der Waals surface area contributed by atoms with Crippen LogP contribution in [-0.4, -0.2) is 16.3 Å². The molecule has 0 aliphatic rings. The molecule has 1 atom stereocenters. The standard InChI is InChI=1S/C15H17ClN2O2S/c1-9-7-18-13(10(2)14(9)20-3)8-21(19)15-11(16)5-4-6-12(15)17/h4-7H,8,17H2,1-3H3. The number of nitrogen functional groups attached to an aromatic ring is 1. The predicted octanol–water partition coefficient (Wildman–Crippen LogP) is 3.25. The third kappa shape index (κ3) is 3.19. The Hall–Kier alpha value is -1.59. The Balaban J connectivity index is 2.37. The second-order valence-electron chi connectivity index (χ2n) is 4.69. The lowest BCUT2D eigenvalue weighted by Gasteiger charge is -2.13. The fourth-order valence-corrected chi connectivity index (χ4v) is 3.92. The van der Waals surface area contributed by atoms with E-state index in [1.807, 2.05) is 13.8 Å². The molecule has 2 aromatic rings. The maximum atomic E-state index is 12.6. The normalized spacial score (nSPS) is 12.2. The van der Waals surface area contributed by atoms with Gasteiger partial charge in [0.05, 0.1) is 39.3 Å². The maximum absolute atomic E-state index is 12.6. The van der Waals surface area contributed by atoms with Gasteiger partial charge in [0, 0.05) is 23.0 Å². The average molecular weight is 325 g/mol. The van der Waals surface area contributed by atoms with Crippen LogP contribution in [0.5, 0.6) is 5.75 Å². The number of aryl methyl sites for hydroxylation is 1. The summed E-state index contributed by atoms with van der Waals surface area (Å²) in [7, 11) is 0.254. The molecule has 0 fully saturated rings. The van der Waals surface area contributed by atoms with Crippen LogP contribution in [0.1, 0.15) is 16.8 Å². The van der Waals surface area contributed by atoms with Crippen LogP contribution in [0.4, 0.5) is 5.69 Å². The van der Waals surface area contributed by atoms with Gasteiger partial charge in [0.25, 0.3) is 0 Å². The van der Waals surface area contributed by atoms with Crippen LogP contribution in [0, 0.1) is 13.8 Å². The first-order valence-corrected chi connectivity index (χ1v) is 8.06. The van der Waals surface area contributed by atoms with Gasteiger partial charge in [-0.15, -0.1) is 0 Å². The predicted molar refractivity (Wildman–Crippen MR) is 86.2 cm³/mol. The number of halogens is 1.